The molecule has 6 heteroatoms. The maximum absolute atomic E-state index is 12.5. The van der Waals surface area contributed by atoms with Gasteiger partial charge in [0, 0.05) is 24.1 Å². The first-order valence-electron chi connectivity index (χ1n) is 8.85. The second-order valence-electron chi connectivity index (χ2n) is 6.06. The lowest BCUT2D eigenvalue weighted by Crippen LogP contribution is -2.25. The third-order valence-corrected chi connectivity index (χ3v) is 3.80. The molecule has 0 aliphatic carbocycles. The summed E-state index contributed by atoms with van der Waals surface area (Å²) in [5.74, 6) is -0.212. The van der Waals surface area contributed by atoms with Crippen LogP contribution in [-0.4, -0.2) is 23.9 Å². The van der Waals surface area contributed by atoms with Crippen molar-refractivity contribution in [3.05, 3.63) is 29.8 Å². The standard InChI is InChI=1S/C19H28N2O4/c1-3-5-10-16(25-19(20)24)13-17(22)14-8-7-9-15(12-14)21-18(23)11-6-4-2/h7-9,12,16H,3-6,10-11,13H2,1-2H3,(H2,20,24)(H,21,23). The molecule has 1 unspecified atom stereocenters. The Morgan fingerprint density at radius 2 is 1.88 bits per heavy atom. The summed E-state index contributed by atoms with van der Waals surface area (Å²) >= 11 is 0. The Bertz CT molecular complexity index is 587. The zero-order valence-corrected chi connectivity index (χ0v) is 15.0. The zero-order chi connectivity index (χ0) is 18.7. The molecule has 2 amide bonds. The number of unbranched alkanes of at least 4 members (excludes halogenated alkanes) is 2. The lowest BCUT2D eigenvalue weighted by atomic mass is 10.0. The Balaban J connectivity index is 2.71. The summed E-state index contributed by atoms with van der Waals surface area (Å²) in [7, 11) is 0. The number of carbonyl (C=O) groups excluding carboxylic acids is 3. The van der Waals surface area contributed by atoms with Crippen LogP contribution < -0.4 is 11.1 Å². The van der Waals surface area contributed by atoms with Crippen LogP contribution in [0.4, 0.5) is 10.5 Å². The summed E-state index contributed by atoms with van der Waals surface area (Å²) in [5, 5.41) is 2.80. The van der Waals surface area contributed by atoms with Gasteiger partial charge in [0.15, 0.2) is 5.78 Å². The second-order valence-corrected chi connectivity index (χ2v) is 6.06. The van der Waals surface area contributed by atoms with Crippen LogP contribution in [0.2, 0.25) is 0 Å². The number of Topliss-reactive ketones (excluding diaryl/α,β-unsaturated/α-hetero) is 1. The van der Waals surface area contributed by atoms with Crippen molar-refractivity contribution in [3.8, 4) is 0 Å². The highest BCUT2D eigenvalue weighted by Gasteiger charge is 2.18. The third kappa shape index (κ3) is 8.33. The van der Waals surface area contributed by atoms with Crippen LogP contribution in [-0.2, 0) is 9.53 Å². The highest BCUT2D eigenvalue weighted by atomic mass is 16.6. The summed E-state index contributed by atoms with van der Waals surface area (Å²) in [5.41, 5.74) is 6.14. The van der Waals surface area contributed by atoms with Crippen LogP contribution in [0.5, 0.6) is 0 Å². The van der Waals surface area contributed by atoms with E-state index < -0.39 is 12.2 Å². The highest BCUT2D eigenvalue weighted by molar-refractivity contribution is 5.98. The minimum absolute atomic E-state index is 0.0654. The van der Waals surface area contributed by atoms with Gasteiger partial charge in [-0.15, -0.1) is 0 Å². The molecule has 3 N–H and O–H groups in total. The van der Waals surface area contributed by atoms with E-state index in [1.54, 1.807) is 24.3 Å². The van der Waals surface area contributed by atoms with Crippen LogP contribution >= 0.6 is 0 Å². The summed E-state index contributed by atoms with van der Waals surface area (Å²) in [6, 6.07) is 6.80. The maximum Gasteiger partial charge on any atom is 0.404 e. The van der Waals surface area contributed by atoms with E-state index in [4.69, 9.17) is 10.5 Å². The first-order valence-corrected chi connectivity index (χ1v) is 8.85. The van der Waals surface area contributed by atoms with E-state index in [-0.39, 0.29) is 18.1 Å². The number of benzene rings is 1. The summed E-state index contributed by atoms with van der Waals surface area (Å²) in [6.45, 7) is 4.05. The van der Waals surface area contributed by atoms with Gasteiger partial charge in [-0.25, -0.2) is 4.79 Å². The van der Waals surface area contributed by atoms with E-state index in [2.05, 4.69) is 5.32 Å². The van der Waals surface area contributed by atoms with Crippen molar-refractivity contribution in [1.82, 2.24) is 0 Å². The van der Waals surface area contributed by atoms with Gasteiger partial charge in [-0.05, 0) is 25.0 Å². The van der Waals surface area contributed by atoms with Gasteiger partial charge in [-0.3, -0.25) is 9.59 Å². The number of hydrogen-bond donors (Lipinski definition) is 2. The molecule has 138 valence electrons. The molecule has 0 saturated heterocycles. The minimum Gasteiger partial charge on any atom is -0.446 e. The molecule has 25 heavy (non-hydrogen) atoms. The first-order chi connectivity index (χ1) is 12.0. The van der Waals surface area contributed by atoms with Crippen molar-refractivity contribution in [2.24, 2.45) is 5.73 Å². The second kappa shape index (κ2) is 11.2. The van der Waals surface area contributed by atoms with E-state index >= 15 is 0 Å². The van der Waals surface area contributed by atoms with E-state index in [0.29, 0.717) is 24.1 Å². The number of rotatable bonds is 11. The molecule has 0 radical (unpaired) electrons. The monoisotopic (exact) mass is 348 g/mol. The third-order valence-electron chi connectivity index (χ3n) is 3.80. The molecule has 0 heterocycles. The Kier molecular flexibility index (Phi) is 9.29. The SMILES string of the molecule is CCCCC(=O)Nc1cccc(C(=O)CC(CCCC)OC(N)=O)c1. The molecule has 6 nitrogen and oxygen atoms in total. The fourth-order valence-corrected chi connectivity index (χ4v) is 2.45. The van der Waals surface area contributed by atoms with Crippen LogP contribution in [0.3, 0.4) is 0 Å². The van der Waals surface area contributed by atoms with Gasteiger partial charge in [0.2, 0.25) is 5.91 Å². The zero-order valence-electron chi connectivity index (χ0n) is 15.0. The van der Waals surface area contributed by atoms with Crippen molar-refractivity contribution >= 4 is 23.5 Å². The molecular weight excluding hydrogens is 320 g/mol. The topological polar surface area (TPSA) is 98.5 Å². The van der Waals surface area contributed by atoms with E-state index in [9.17, 15) is 14.4 Å². The van der Waals surface area contributed by atoms with E-state index in [1.807, 2.05) is 13.8 Å². The van der Waals surface area contributed by atoms with Gasteiger partial charge in [-0.2, -0.15) is 0 Å². The average Bonchev–Trinajstić information content (AvgIpc) is 2.57. The molecule has 1 rings (SSSR count). The number of nitrogens with two attached hydrogens (primary N) is 1. The number of ether oxygens (including phenoxy) is 1. The maximum atomic E-state index is 12.5. The fourth-order valence-electron chi connectivity index (χ4n) is 2.45. The molecule has 0 aromatic heterocycles. The Morgan fingerprint density at radius 1 is 1.16 bits per heavy atom. The van der Waals surface area contributed by atoms with Crippen LogP contribution in [0.15, 0.2) is 24.3 Å². The van der Waals surface area contributed by atoms with Crippen molar-refractivity contribution in [1.29, 1.82) is 0 Å². The minimum atomic E-state index is -0.870. The molecule has 1 aromatic rings. The number of anilines is 1. The molecule has 1 atom stereocenters. The van der Waals surface area contributed by atoms with Crippen molar-refractivity contribution in [2.75, 3.05) is 5.32 Å². The molecule has 0 spiro atoms. The predicted octanol–water partition coefficient (Wildman–Crippen LogP) is 4.04. The molecule has 0 bridgehead atoms. The molecule has 0 aliphatic heterocycles. The Hall–Kier alpha value is -2.37. The smallest absolute Gasteiger partial charge is 0.404 e. The van der Waals surface area contributed by atoms with Crippen molar-refractivity contribution < 1.29 is 19.1 Å². The Labute approximate surface area is 149 Å². The lowest BCUT2D eigenvalue weighted by molar-refractivity contribution is -0.116. The average molecular weight is 348 g/mol. The molecule has 0 aliphatic rings. The van der Waals surface area contributed by atoms with Gasteiger partial charge in [-0.1, -0.05) is 45.2 Å². The highest BCUT2D eigenvalue weighted by Crippen LogP contribution is 2.17. The number of nitrogens with one attached hydrogen (secondary N) is 1. The number of primary amides is 1. The van der Waals surface area contributed by atoms with Crippen molar-refractivity contribution in [3.63, 3.8) is 0 Å². The van der Waals surface area contributed by atoms with E-state index in [1.165, 1.54) is 0 Å². The lowest BCUT2D eigenvalue weighted by Gasteiger charge is -2.16. The summed E-state index contributed by atoms with van der Waals surface area (Å²) in [4.78, 5) is 35.3. The van der Waals surface area contributed by atoms with Gasteiger partial charge >= 0.3 is 6.09 Å². The summed E-state index contributed by atoms with van der Waals surface area (Å²) < 4.78 is 5.03. The molecular formula is C19H28N2O4. The van der Waals surface area contributed by atoms with Crippen LogP contribution in [0, 0.1) is 0 Å². The van der Waals surface area contributed by atoms with E-state index in [0.717, 1.165) is 25.7 Å². The van der Waals surface area contributed by atoms with Crippen molar-refractivity contribution in [2.45, 2.75) is 64.9 Å². The quantitative estimate of drug-likeness (QED) is 0.589. The van der Waals surface area contributed by atoms with Crippen LogP contribution in [0.25, 0.3) is 0 Å². The Morgan fingerprint density at radius 3 is 2.52 bits per heavy atom. The summed E-state index contributed by atoms with van der Waals surface area (Å²) in [6.07, 6.45) is 3.30. The number of amides is 2. The van der Waals surface area contributed by atoms with Gasteiger partial charge < -0.3 is 15.8 Å². The van der Waals surface area contributed by atoms with Gasteiger partial charge in [0.1, 0.15) is 6.10 Å². The predicted molar refractivity (Wildman–Crippen MR) is 97.5 cm³/mol. The van der Waals surface area contributed by atoms with Gasteiger partial charge in [0.05, 0.1) is 0 Å². The molecule has 1 aromatic carbocycles. The molecule has 0 fully saturated rings. The first kappa shape index (κ1) is 20.7. The van der Waals surface area contributed by atoms with Crippen LogP contribution in [0.1, 0.15) is 69.2 Å². The normalized spacial score (nSPS) is 11.6. The fraction of sp³-hybridized carbons (Fsp3) is 0.526. The largest absolute Gasteiger partial charge is 0.446 e. The number of hydrogen-bond acceptors (Lipinski definition) is 4. The molecule has 0 saturated carbocycles. The van der Waals surface area contributed by atoms with Gasteiger partial charge in [0.25, 0.3) is 0 Å². The number of carbonyl (C=O) groups is 3. The number of ketones is 1.